The molecule has 3 fully saturated rings. The second kappa shape index (κ2) is 9.69. The molecule has 2 bridgehead atoms. The van der Waals surface area contributed by atoms with Gasteiger partial charge in [-0.25, -0.2) is 4.39 Å². The van der Waals surface area contributed by atoms with Gasteiger partial charge in [-0.15, -0.1) is 10.2 Å². The van der Waals surface area contributed by atoms with Gasteiger partial charge >= 0.3 is 0 Å². The maximum atomic E-state index is 15.0. The highest BCUT2D eigenvalue weighted by molar-refractivity contribution is 6.29. The molecule has 0 radical (unpaired) electrons. The number of hydrogen-bond acceptors (Lipinski definition) is 9. The van der Waals surface area contributed by atoms with E-state index in [2.05, 4.69) is 20.0 Å². The third kappa shape index (κ3) is 4.35. The fourth-order valence-corrected chi connectivity index (χ4v) is 5.65. The van der Waals surface area contributed by atoms with E-state index in [-0.39, 0.29) is 24.0 Å². The Hall–Kier alpha value is -2.40. The summed E-state index contributed by atoms with van der Waals surface area (Å²) in [7, 11) is 3.16. The third-order valence-corrected chi connectivity index (χ3v) is 7.21. The number of ether oxygens (including phenoxy) is 3. The van der Waals surface area contributed by atoms with E-state index in [1.165, 1.54) is 0 Å². The Morgan fingerprint density at radius 2 is 1.79 bits per heavy atom. The van der Waals surface area contributed by atoms with E-state index in [0.717, 1.165) is 37.3 Å². The number of benzene rings is 1. The van der Waals surface area contributed by atoms with Crippen LogP contribution in [0, 0.1) is 5.82 Å². The summed E-state index contributed by atoms with van der Waals surface area (Å²) in [5.41, 5.74) is 8.51. The predicted molar refractivity (Wildman–Crippen MR) is 129 cm³/mol. The van der Waals surface area contributed by atoms with Crippen LogP contribution < -0.4 is 20.4 Å². The second-order valence-electron chi connectivity index (χ2n) is 8.97. The minimum absolute atomic E-state index is 0.243. The molecule has 2 aromatic rings. The van der Waals surface area contributed by atoms with Crippen LogP contribution in [-0.2, 0) is 14.2 Å². The average molecular weight is 493 g/mol. The molecule has 9 nitrogen and oxygen atoms in total. The monoisotopic (exact) mass is 492 g/mol. The summed E-state index contributed by atoms with van der Waals surface area (Å²) in [6.07, 6.45) is 1.32. The van der Waals surface area contributed by atoms with Crippen LogP contribution in [0.4, 0.5) is 27.3 Å². The number of fused-ring (bicyclic) bond motifs is 2. The summed E-state index contributed by atoms with van der Waals surface area (Å²) in [5.74, 6) is 0.139. The quantitative estimate of drug-likeness (QED) is 0.611. The fourth-order valence-electron chi connectivity index (χ4n) is 5.51. The van der Waals surface area contributed by atoms with Gasteiger partial charge < -0.3 is 34.6 Å². The minimum atomic E-state index is -0.499. The fraction of sp³-hybridized carbons (Fsp3) is 0.565. The zero-order valence-electron chi connectivity index (χ0n) is 19.4. The largest absolute Gasteiger partial charge is 0.380 e. The number of hydrogen-bond donors (Lipinski definition) is 1. The summed E-state index contributed by atoms with van der Waals surface area (Å²) in [6.45, 7) is 3.15. The molecule has 0 aliphatic carbocycles. The first-order valence-corrected chi connectivity index (χ1v) is 11.9. The minimum Gasteiger partial charge on any atom is -0.380 e. The van der Waals surface area contributed by atoms with Gasteiger partial charge in [-0.05, 0) is 31.0 Å². The first-order valence-electron chi connectivity index (χ1n) is 11.5. The van der Waals surface area contributed by atoms with Crippen LogP contribution in [0.25, 0.3) is 0 Å². The molecule has 1 aromatic carbocycles. The van der Waals surface area contributed by atoms with Crippen molar-refractivity contribution in [2.75, 3.05) is 67.4 Å². The maximum absolute atomic E-state index is 15.0. The summed E-state index contributed by atoms with van der Waals surface area (Å²) >= 11 is 6.07. The summed E-state index contributed by atoms with van der Waals surface area (Å²) in [4.78, 5) is 6.68. The maximum Gasteiger partial charge on any atom is 0.184 e. The Bertz CT molecular complexity index is 1010. The Morgan fingerprint density at radius 1 is 1.06 bits per heavy atom. The molecule has 4 heterocycles. The van der Waals surface area contributed by atoms with Crippen LogP contribution in [-0.4, -0.2) is 81.7 Å². The van der Waals surface area contributed by atoms with Crippen LogP contribution in [0.2, 0.25) is 5.15 Å². The van der Waals surface area contributed by atoms with Crippen molar-refractivity contribution in [3.63, 3.8) is 0 Å². The lowest BCUT2D eigenvalue weighted by Crippen LogP contribution is -2.54. The van der Waals surface area contributed by atoms with Gasteiger partial charge in [-0.2, -0.15) is 0 Å². The third-order valence-electron chi connectivity index (χ3n) is 7.02. The van der Waals surface area contributed by atoms with Crippen LogP contribution in [0.3, 0.4) is 0 Å². The van der Waals surface area contributed by atoms with Crippen molar-refractivity contribution in [2.24, 2.45) is 0 Å². The number of anilines is 4. The second-order valence-corrected chi connectivity index (χ2v) is 9.35. The van der Waals surface area contributed by atoms with E-state index in [9.17, 15) is 4.39 Å². The van der Waals surface area contributed by atoms with E-state index in [0.29, 0.717) is 36.4 Å². The first kappa shape index (κ1) is 23.3. The van der Waals surface area contributed by atoms with Crippen molar-refractivity contribution in [3.8, 4) is 0 Å². The van der Waals surface area contributed by atoms with Crippen molar-refractivity contribution in [1.82, 2.24) is 10.2 Å². The van der Waals surface area contributed by atoms with Gasteiger partial charge in [0.05, 0.1) is 18.0 Å². The molecule has 0 spiro atoms. The van der Waals surface area contributed by atoms with Gasteiger partial charge in [0, 0.05) is 64.2 Å². The number of aromatic nitrogens is 2. The zero-order chi connectivity index (χ0) is 23.8. The van der Waals surface area contributed by atoms with Gasteiger partial charge in [0.2, 0.25) is 0 Å². The van der Waals surface area contributed by atoms with E-state index in [1.807, 2.05) is 17.0 Å². The molecule has 2 unspecified atom stereocenters. The molecule has 3 aliphatic rings. The van der Waals surface area contributed by atoms with Crippen molar-refractivity contribution in [3.05, 3.63) is 35.2 Å². The normalized spacial score (nSPS) is 24.9. The lowest BCUT2D eigenvalue weighted by atomic mass is 10.1. The molecule has 3 atom stereocenters. The molecular formula is C23H30ClFN6O3. The molecule has 3 saturated heterocycles. The number of rotatable bonds is 6. The van der Waals surface area contributed by atoms with E-state index in [4.69, 9.17) is 31.5 Å². The zero-order valence-corrected chi connectivity index (χ0v) is 20.1. The van der Waals surface area contributed by atoms with Crippen LogP contribution in [0.5, 0.6) is 0 Å². The Morgan fingerprint density at radius 3 is 2.50 bits per heavy atom. The number of nitrogen functional groups attached to an aromatic ring is 1. The summed E-state index contributed by atoms with van der Waals surface area (Å²) in [6, 6.07) is 7.75. The van der Waals surface area contributed by atoms with E-state index >= 15 is 0 Å². The number of piperazine rings is 1. The molecule has 34 heavy (non-hydrogen) atoms. The molecule has 1 aromatic heterocycles. The lowest BCUT2D eigenvalue weighted by molar-refractivity contribution is -0.182. The van der Waals surface area contributed by atoms with Crippen molar-refractivity contribution >= 4 is 34.5 Å². The van der Waals surface area contributed by atoms with Crippen molar-refractivity contribution in [1.29, 1.82) is 0 Å². The molecule has 2 N–H and O–H groups in total. The first-order chi connectivity index (χ1) is 16.5. The highest BCUT2D eigenvalue weighted by Crippen LogP contribution is 2.39. The molecule has 0 amide bonds. The van der Waals surface area contributed by atoms with Crippen molar-refractivity contribution < 1.29 is 18.6 Å². The molecule has 5 rings (SSSR count). The van der Waals surface area contributed by atoms with Gasteiger partial charge in [0.25, 0.3) is 0 Å². The smallest absolute Gasteiger partial charge is 0.184 e. The number of methoxy groups -OCH3 is 2. The van der Waals surface area contributed by atoms with Crippen LogP contribution in [0.15, 0.2) is 24.3 Å². The van der Waals surface area contributed by atoms with Gasteiger partial charge in [0.1, 0.15) is 11.9 Å². The standard InChI is InChI=1S/C23H30ClFN6O3/c1-32-23(33-2)20-13-29(7-8-34-20)18-9-14(5-6-17(18)25)31-15-3-4-16(31)12-30(11-15)19-10-21(24)27-28-22(19)26/h5-6,9-10,15-16,20,23H,3-4,7-8,11-13H2,1-2H3,(H2,26,28)/t15?,16?,20-/m0/s1. The summed E-state index contributed by atoms with van der Waals surface area (Å²) in [5, 5.41) is 8.13. The SMILES string of the molecule is COC(OC)[C@@H]1CN(c2cc(N3C4CCC3CN(c3cc(Cl)nnc3N)C4)ccc2F)CCO1. The summed E-state index contributed by atoms with van der Waals surface area (Å²) < 4.78 is 31.5. The Kier molecular flexibility index (Phi) is 6.65. The molecular weight excluding hydrogens is 463 g/mol. The molecule has 3 aliphatic heterocycles. The van der Waals surface area contributed by atoms with E-state index < -0.39 is 6.29 Å². The topological polar surface area (TPSA) is 89.2 Å². The highest BCUT2D eigenvalue weighted by atomic mass is 35.5. The number of nitrogens with zero attached hydrogens (tertiary/aromatic N) is 5. The predicted octanol–water partition coefficient (Wildman–Crippen LogP) is 2.53. The van der Waals surface area contributed by atoms with Crippen LogP contribution in [0.1, 0.15) is 12.8 Å². The van der Waals surface area contributed by atoms with E-state index in [1.54, 1.807) is 26.4 Å². The van der Waals surface area contributed by atoms with Gasteiger partial charge in [-0.3, -0.25) is 0 Å². The highest BCUT2D eigenvalue weighted by Gasteiger charge is 2.41. The van der Waals surface area contributed by atoms with Gasteiger partial charge in [-0.1, -0.05) is 11.6 Å². The molecule has 184 valence electrons. The Balaban J connectivity index is 1.36. The molecule has 0 saturated carbocycles. The average Bonchev–Trinajstić information content (AvgIpc) is 3.11. The van der Waals surface area contributed by atoms with Gasteiger partial charge in [0.15, 0.2) is 17.3 Å². The molecule has 11 heteroatoms. The van der Waals surface area contributed by atoms with Crippen LogP contribution >= 0.6 is 11.6 Å². The number of halogens is 2. The number of morpholine rings is 1. The Labute approximate surface area is 203 Å². The number of nitrogens with two attached hydrogens (primary N) is 1. The lowest BCUT2D eigenvalue weighted by Gasteiger charge is -2.44. The van der Waals surface area contributed by atoms with Crippen molar-refractivity contribution in [2.45, 2.75) is 37.3 Å².